The summed E-state index contributed by atoms with van der Waals surface area (Å²) in [5.41, 5.74) is 1.34. The van der Waals surface area contributed by atoms with E-state index in [4.69, 9.17) is 0 Å². The average molecular weight is 264 g/mol. The molecule has 108 valence electrons. The van der Waals surface area contributed by atoms with E-state index in [1.54, 1.807) is 0 Å². The fourth-order valence-electron chi connectivity index (χ4n) is 1.79. The first-order valence-corrected chi connectivity index (χ1v) is 7.10. The number of anilines is 1. The van der Waals surface area contributed by atoms with Gasteiger partial charge in [0.15, 0.2) is 0 Å². The second-order valence-corrected chi connectivity index (χ2v) is 6.22. The van der Waals surface area contributed by atoms with Crippen molar-refractivity contribution in [1.82, 2.24) is 15.3 Å². The molecule has 0 amide bonds. The van der Waals surface area contributed by atoms with Crippen molar-refractivity contribution in [1.29, 1.82) is 0 Å². The highest BCUT2D eigenvalue weighted by molar-refractivity contribution is 5.30. The zero-order valence-electron chi connectivity index (χ0n) is 13.2. The molecule has 1 N–H and O–H groups in total. The third-order valence-corrected chi connectivity index (χ3v) is 3.60. The Hall–Kier alpha value is -1.16. The Kier molecular flexibility index (Phi) is 5.73. The van der Waals surface area contributed by atoms with E-state index in [-0.39, 0.29) is 5.41 Å². The highest BCUT2D eigenvalue weighted by Gasteiger charge is 2.25. The van der Waals surface area contributed by atoms with Crippen molar-refractivity contribution < 1.29 is 0 Å². The van der Waals surface area contributed by atoms with Crippen molar-refractivity contribution in [3.05, 3.63) is 18.0 Å². The van der Waals surface area contributed by atoms with E-state index in [0.717, 1.165) is 31.0 Å². The fraction of sp³-hybridized carbons (Fsp3) is 0.733. The van der Waals surface area contributed by atoms with E-state index < -0.39 is 0 Å². The van der Waals surface area contributed by atoms with Gasteiger partial charge in [-0.2, -0.15) is 0 Å². The highest BCUT2D eigenvalue weighted by atomic mass is 15.3. The molecule has 1 aromatic rings. The average Bonchev–Trinajstić information content (AvgIpc) is 2.37. The highest BCUT2D eigenvalue weighted by Crippen LogP contribution is 2.25. The SMILES string of the molecule is CCCNCc1cnc(N(C)C(C)C(C)(C)C)nc1. The Morgan fingerprint density at radius 1 is 1.26 bits per heavy atom. The molecule has 4 heteroatoms. The number of nitrogens with one attached hydrogen (secondary N) is 1. The Bertz CT molecular complexity index is 367. The Balaban J connectivity index is 2.65. The first-order chi connectivity index (χ1) is 8.86. The zero-order valence-corrected chi connectivity index (χ0v) is 13.2. The Morgan fingerprint density at radius 3 is 2.32 bits per heavy atom. The van der Waals surface area contributed by atoms with Crippen molar-refractivity contribution in [3.63, 3.8) is 0 Å². The van der Waals surface area contributed by atoms with Gasteiger partial charge in [0.05, 0.1) is 0 Å². The summed E-state index contributed by atoms with van der Waals surface area (Å²) in [5.74, 6) is 0.793. The number of hydrogen-bond donors (Lipinski definition) is 1. The molecule has 0 bridgehead atoms. The van der Waals surface area contributed by atoms with Crippen molar-refractivity contribution in [2.24, 2.45) is 5.41 Å². The summed E-state index contributed by atoms with van der Waals surface area (Å²) in [7, 11) is 2.06. The Labute approximate surface area is 117 Å². The molecule has 1 unspecified atom stereocenters. The quantitative estimate of drug-likeness (QED) is 0.802. The van der Waals surface area contributed by atoms with E-state index in [1.807, 2.05) is 12.4 Å². The maximum Gasteiger partial charge on any atom is 0.225 e. The lowest BCUT2D eigenvalue weighted by Crippen LogP contribution is -2.40. The molecule has 0 aliphatic carbocycles. The lowest BCUT2D eigenvalue weighted by atomic mass is 9.87. The summed E-state index contributed by atoms with van der Waals surface area (Å²) in [6, 6.07) is 0.386. The van der Waals surface area contributed by atoms with Crippen LogP contribution in [-0.2, 0) is 6.54 Å². The molecule has 0 aliphatic rings. The molecule has 0 aliphatic heterocycles. The van der Waals surface area contributed by atoms with E-state index in [2.05, 4.69) is 61.9 Å². The summed E-state index contributed by atoms with van der Waals surface area (Å²) in [6.45, 7) is 12.9. The fourth-order valence-corrected chi connectivity index (χ4v) is 1.79. The van der Waals surface area contributed by atoms with Crippen LogP contribution in [-0.4, -0.2) is 29.6 Å². The standard InChI is InChI=1S/C15H28N4/c1-7-8-16-9-13-10-17-14(18-11-13)19(6)12(2)15(3,4)5/h10-12,16H,7-9H2,1-6H3. The van der Waals surface area contributed by atoms with Gasteiger partial charge in [0.25, 0.3) is 0 Å². The molecule has 0 fully saturated rings. The monoisotopic (exact) mass is 264 g/mol. The molecule has 19 heavy (non-hydrogen) atoms. The van der Waals surface area contributed by atoms with Crippen LogP contribution in [0.4, 0.5) is 5.95 Å². The second-order valence-electron chi connectivity index (χ2n) is 6.22. The van der Waals surface area contributed by atoms with Crippen LogP contribution >= 0.6 is 0 Å². The van der Waals surface area contributed by atoms with Gasteiger partial charge in [-0.15, -0.1) is 0 Å². The zero-order chi connectivity index (χ0) is 14.5. The van der Waals surface area contributed by atoms with Gasteiger partial charge in [0, 0.05) is 37.6 Å². The minimum Gasteiger partial charge on any atom is -0.341 e. The molecule has 0 radical (unpaired) electrons. The topological polar surface area (TPSA) is 41.1 Å². The maximum atomic E-state index is 4.47. The van der Waals surface area contributed by atoms with Crippen LogP contribution in [0.3, 0.4) is 0 Å². The van der Waals surface area contributed by atoms with Crippen molar-refractivity contribution >= 4 is 5.95 Å². The molecule has 0 aromatic carbocycles. The summed E-state index contributed by atoms with van der Waals surface area (Å²) < 4.78 is 0. The number of aromatic nitrogens is 2. The second kappa shape index (κ2) is 6.85. The van der Waals surface area contributed by atoms with Gasteiger partial charge in [-0.3, -0.25) is 0 Å². The van der Waals surface area contributed by atoms with E-state index in [0.29, 0.717) is 6.04 Å². The minimum atomic E-state index is 0.208. The third kappa shape index (κ3) is 4.78. The predicted octanol–water partition coefficient (Wildman–Crippen LogP) is 2.85. The van der Waals surface area contributed by atoms with Gasteiger partial charge in [0.1, 0.15) is 0 Å². The van der Waals surface area contributed by atoms with Gasteiger partial charge in [-0.25, -0.2) is 9.97 Å². The van der Waals surface area contributed by atoms with Gasteiger partial charge in [0.2, 0.25) is 5.95 Å². The van der Waals surface area contributed by atoms with Crippen LogP contribution in [0.25, 0.3) is 0 Å². The summed E-state index contributed by atoms with van der Waals surface area (Å²) in [5, 5.41) is 3.35. The summed E-state index contributed by atoms with van der Waals surface area (Å²) in [4.78, 5) is 11.1. The number of hydrogen-bond acceptors (Lipinski definition) is 4. The first kappa shape index (κ1) is 15.9. The van der Waals surface area contributed by atoms with E-state index in [1.165, 1.54) is 0 Å². The van der Waals surface area contributed by atoms with Gasteiger partial charge < -0.3 is 10.2 Å². The van der Waals surface area contributed by atoms with Gasteiger partial charge in [-0.05, 0) is 25.3 Å². The molecular formula is C15H28N4. The predicted molar refractivity (Wildman–Crippen MR) is 81.3 cm³/mol. The first-order valence-electron chi connectivity index (χ1n) is 7.10. The molecule has 1 rings (SSSR count). The maximum absolute atomic E-state index is 4.47. The number of nitrogens with zero attached hydrogens (tertiary/aromatic N) is 3. The van der Waals surface area contributed by atoms with E-state index in [9.17, 15) is 0 Å². The molecule has 0 spiro atoms. The molecular weight excluding hydrogens is 236 g/mol. The van der Waals surface area contributed by atoms with Crippen LogP contribution in [0.15, 0.2) is 12.4 Å². The van der Waals surface area contributed by atoms with Crippen LogP contribution in [0.2, 0.25) is 0 Å². The van der Waals surface area contributed by atoms with Crippen molar-refractivity contribution in [3.8, 4) is 0 Å². The van der Waals surface area contributed by atoms with Crippen molar-refractivity contribution in [2.45, 2.75) is 53.6 Å². The summed E-state index contributed by atoms with van der Waals surface area (Å²) >= 11 is 0. The normalized spacial score (nSPS) is 13.4. The lowest BCUT2D eigenvalue weighted by Gasteiger charge is -2.35. The lowest BCUT2D eigenvalue weighted by molar-refractivity contribution is 0.327. The van der Waals surface area contributed by atoms with Crippen LogP contribution in [0, 0.1) is 5.41 Å². The van der Waals surface area contributed by atoms with Gasteiger partial charge in [-0.1, -0.05) is 27.7 Å². The van der Waals surface area contributed by atoms with Gasteiger partial charge >= 0.3 is 0 Å². The molecule has 1 heterocycles. The van der Waals surface area contributed by atoms with E-state index >= 15 is 0 Å². The molecule has 4 nitrogen and oxygen atoms in total. The molecule has 1 atom stereocenters. The molecule has 0 saturated heterocycles. The van der Waals surface area contributed by atoms with Crippen LogP contribution in [0.1, 0.15) is 46.6 Å². The van der Waals surface area contributed by atoms with Crippen molar-refractivity contribution in [2.75, 3.05) is 18.5 Å². The van der Waals surface area contributed by atoms with Crippen LogP contribution < -0.4 is 10.2 Å². The molecule has 0 saturated carbocycles. The Morgan fingerprint density at radius 2 is 1.84 bits per heavy atom. The smallest absolute Gasteiger partial charge is 0.225 e. The van der Waals surface area contributed by atoms with Crippen LogP contribution in [0.5, 0.6) is 0 Å². The molecule has 1 aromatic heterocycles. The minimum absolute atomic E-state index is 0.208. The summed E-state index contributed by atoms with van der Waals surface area (Å²) in [6.07, 6.45) is 4.97. The number of rotatable bonds is 6. The third-order valence-electron chi connectivity index (χ3n) is 3.60. The largest absolute Gasteiger partial charge is 0.341 e.